The Morgan fingerprint density at radius 1 is 1.09 bits per heavy atom. The third-order valence-electron chi connectivity index (χ3n) is 7.04. The molecule has 178 valence electrons. The number of nitrogens with zero attached hydrogens (tertiary/aromatic N) is 7. The molecular formula is C24H31N9O. The van der Waals surface area contributed by atoms with Crippen molar-refractivity contribution in [3.8, 4) is 11.3 Å². The molecule has 6 rings (SSSR count). The lowest BCUT2D eigenvalue weighted by Crippen LogP contribution is -2.53. The third-order valence-corrected chi connectivity index (χ3v) is 7.04. The zero-order chi connectivity index (χ0) is 23.4. The standard InChI is InChI=1S/C24H31N9O/c1-14(2)33-15(3)26-20-5-4-19(28-23(20)33)18-8-11-32-21(18)22(25)29-24(30-32)27-16-6-9-31(10-7-16)17-12-34-13-17/h4-5,8,11,14,16-17H,6-7,9-10,12-13H2,1-3H3,(H3,25,27,29,30). The normalized spacial score (nSPS) is 18.2. The second-order valence-corrected chi connectivity index (χ2v) is 9.65. The highest BCUT2D eigenvalue weighted by Gasteiger charge is 2.30. The van der Waals surface area contributed by atoms with Crippen molar-refractivity contribution in [3.63, 3.8) is 0 Å². The fourth-order valence-electron chi connectivity index (χ4n) is 5.20. The van der Waals surface area contributed by atoms with Crippen LogP contribution in [-0.4, -0.2) is 72.4 Å². The SMILES string of the molecule is Cc1nc2ccc(-c3ccn4nc(NC5CCN(C6COC6)CC5)nc(N)c34)nc2n1C(C)C. The Labute approximate surface area is 198 Å². The number of likely N-dealkylation sites (tertiary alicyclic amines) is 1. The van der Waals surface area contributed by atoms with Crippen molar-refractivity contribution in [2.24, 2.45) is 0 Å². The molecule has 0 atom stereocenters. The maximum Gasteiger partial charge on any atom is 0.243 e. The molecule has 4 aromatic heterocycles. The van der Waals surface area contributed by atoms with E-state index in [1.54, 1.807) is 4.52 Å². The number of piperidine rings is 1. The van der Waals surface area contributed by atoms with Gasteiger partial charge < -0.3 is 20.4 Å². The lowest BCUT2D eigenvalue weighted by atomic mass is 10.0. The minimum absolute atomic E-state index is 0.273. The second-order valence-electron chi connectivity index (χ2n) is 9.65. The summed E-state index contributed by atoms with van der Waals surface area (Å²) in [7, 11) is 0. The van der Waals surface area contributed by atoms with Crippen LogP contribution in [0, 0.1) is 6.92 Å². The van der Waals surface area contributed by atoms with Crippen molar-refractivity contribution in [1.82, 2.24) is 34.0 Å². The zero-order valence-electron chi connectivity index (χ0n) is 19.9. The molecule has 2 aliphatic heterocycles. The number of nitrogens with one attached hydrogen (secondary N) is 1. The first kappa shape index (κ1) is 21.3. The molecular weight excluding hydrogens is 430 g/mol. The molecule has 2 fully saturated rings. The molecule has 10 heteroatoms. The van der Waals surface area contributed by atoms with Crippen LogP contribution in [0.2, 0.25) is 0 Å². The van der Waals surface area contributed by atoms with Crippen molar-refractivity contribution in [2.75, 3.05) is 37.4 Å². The monoisotopic (exact) mass is 461 g/mol. The van der Waals surface area contributed by atoms with Gasteiger partial charge in [0.25, 0.3) is 0 Å². The fourth-order valence-corrected chi connectivity index (χ4v) is 5.20. The summed E-state index contributed by atoms with van der Waals surface area (Å²) in [5.41, 5.74) is 10.7. The van der Waals surface area contributed by atoms with E-state index in [9.17, 15) is 0 Å². The van der Waals surface area contributed by atoms with Crippen LogP contribution in [0.1, 0.15) is 38.6 Å². The minimum atomic E-state index is 0.273. The van der Waals surface area contributed by atoms with Gasteiger partial charge in [-0.2, -0.15) is 4.98 Å². The fraction of sp³-hybridized carbons (Fsp3) is 0.500. The lowest BCUT2D eigenvalue weighted by molar-refractivity contribution is -0.0705. The summed E-state index contributed by atoms with van der Waals surface area (Å²) < 4.78 is 9.29. The molecule has 2 aliphatic rings. The van der Waals surface area contributed by atoms with Gasteiger partial charge in [-0.05, 0) is 51.8 Å². The Balaban J connectivity index is 1.27. The Kier molecular flexibility index (Phi) is 5.14. The van der Waals surface area contributed by atoms with Crippen LogP contribution in [0.15, 0.2) is 24.4 Å². The number of rotatable bonds is 5. The van der Waals surface area contributed by atoms with Gasteiger partial charge in [0.05, 0.1) is 24.9 Å². The third kappa shape index (κ3) is 3.57. The summed E-state index contributed by atoms with van der Waals surface area (Å²) in [5.74, 6) is 1.97. The molecule has 0 aromatic carbocycles. The van der Waals surface area contributed by atoms with Crippen LogP contribution in [0.3, 0.4) is 0 Å². The summed E-state index contributed by atoms with van der Waals surface area (Å²) in [4.78, 5) is 16.7. The first-order chi connectivity index (χ1) is 16.5. The van der Waals surface area contributed by atoms with E-state index in [4.69, 9.17) is 20.6 Å². The minimum Gasteiger partial charge on any atom is -0.382 e. The number of fused-ring (bicyclic) bond motifs is 2. The molecule has 0 radical (unpaired) electrons. The van der Waals surface area contributed by atoms with Crippen LogP contribution in [0.25, 0.3) is 27.9 Å². The number of hydrogen-bond donors (Lipinski definition) is 2. The molecule has 3 N–H and O–H groups in total. The molecule has 0 spiro atoms. The number of ether oxygens (including phenoxy) is 1. The van der Waals surface area contributed by atoms with Crippen LogP contribution in [0.5, 0.6) is 0 Å². The molecule has 0 aliphatic carbocycles. The number of anilines is 2. The highest BCUT2D eigenvalue weighted by atomic mass is 16.5. The topological polar surface area (TPSA) is 111 Å². The van der Waals surface area contributed by atoms with Crippen molar-refractivity contribution >= 4 is 28.4 Å². The van der Waals surface area contributed by atoms with Gasteiger partial charge in [-0.1, -0.05) is 0 Å². The summed E-state index contributed by atoms with van der Waals surface area (Å²) in [6.45, 7) is 10.2. The molecule has 34 heavy (non-hydrogen) atoms. The van der Waals surface area contributed by atoms with E-state index >= 15 is 0 Å². The number of imidazole rings is 1. The van der Waals surface area contributed by atoms with Gasteiger partial charge >= 0.3 is 0 Å². The average molecular weight is 462 g/mol. The van der Waals surface area contributed by atoms with Crippen LogP contribution >= 0.6 is 0 Å². The van der Waals surface area contributed by atoms with E-state index in [0.29, 0.717) is 23.8 Å². The van der Waals surface area contributed by atoms with Gasteiger partial charge in [-0.25, -0.2) is 14.5 Å². The van der Waals surface area contributed by atoms with Gasteiger partial charge in [-0.15, -0.1) is 5.10 Å². The molecule has 4 aromatic rings. The zero-order valence-corrected chi connectivity index (χ0v) is 19.9. The average Bonchev–Trinajstić information content (AvgIpc) is 3.34. The Hall–Kier alpha value is -3.24. The molecule has 0 saturated carbocycles. The summed E-state index contributed by atoms with van der Waals surface area (Å²) in [6.07, 6.45) is 4.03. The number of nitrogen functional groups attached to an aromatic ring is 1. The van der Waals surface area contributed by atoms with Gasteiger partial charge in [-0.3, -0.25) is 4.90 Å². The maximum atomic E-state index is 6.45. The number of aromatic nitrogens is 6. The molecule has 10 nitrogen and oxygen atoms in total. The number of aryl methyl sites for hydroxylation is 1. The summed E-state index contributed by atoms with van der Waals surface area (Å²) >= 11 is 0. The number of hydrogen-bond acceptors (Lipinski definition) is 8. The second kappa shape index (κ2) is 8.21. The predicted molar refractivity (Wildman–Crippen MR) is 132 cm³/mol. The summed E-state index contributed by atoms with van der Waals surface area (Å²) in [6, 6.07) is 7.21. The van der Waals surface area contributed by atoms with Crippen LogP contribution < -0.4 is 11.1 Å². The van der Waals surface area contributed by atoms with Gasteiger partial charge in [0.1, 0.15) is 16.9 Å². The van der Waals surface area contributed by atoms with E-state index in [2.05, 4.69) is 38.6 Å². The van der Waals surface area contributed by atoms with E-state index in [0.717, 1.165) is 72.9 Å². The van der Waals surface area contributed by atoms with Gasteiger partial charge in [0, 0.05) is 36.9 Å². The molecule has 6 heterocycles. The summed E-state index contributed by atoms with van der Waals surface area (Å²) in [5, 5.41) is 8.20. The molecule has 0 bridgehead atoms. The van der Waals surface area contributed by atoms with Crippen LogP contribution in [0.4, 0.5) is 11.8 Å². The Morgan fingerprint density at radius 2 is 1.88 bits per heavy atom. The Bertz CT molecular complexity index is 1350. The molecule has 0 unspecified atom stereocenters. The first-order valence-corrected chi connectivity index (χ1v) is 12.1. The highest BCUT2D eigenvalue weighted by molar-refractivity contribution is 5.88. The molecule has 2 saturated heterocycles. The van der Waals surface area contributed by atoms with Crippen molar-refractivity contribution in [2.45, 2.75) is 51.7 Å². The predicted octanol–water partition coefficient (Wildman–Crippen LogP) is 2.89. The smallest absolute Gasteiger partial charge is 0.243 e. The van der Waals surface area contributed by atoms with E-state index in [-0.39, 0.29) is 6.04 Å². The Morgan fingerprint density at radius 3 is 2.59 bits per heavy atom. The first-order valence-electron chi connectivity index (χ1n) is 12.1. The van der Waals surface area contributed by atoms with E-state index < -0.39 is 0 Å². The lowest BCUT2D eigenvalue weighted by Gasteiger charge is -2.41. The highest BCUT2D eigenvalue weighted by Crippen LogP contribution is 2.30. The number of pyridine rings is 1. The van der Waals surface area contributed by atoms with Crippen LogP contribution in [-0.2, 0) is 4.74 Å². The van der Waals surface area contributed by atoms with Gasteiger partial charge in [0.15, 0.2) is 11.5 Å². The van der Waals surface area contributed by atoms with E-state index in [1.165, 1.54) is 0 Å². The van der Waals surface area contributed by atoms with E-state index in [1.807, 2.05) is 31.3 Å². The van der Waals surface area contributed by atoms with Crippen molar-refractivity contribution in [3.05, 3.63) is 30.2 Å². The largest absolute Gasteiger partial charge is 0.382 e. The molecule has 0 amide bonds. The van der Waals surface area contributed by atoms with Gasteiger partial charge in [0.2, 0.25) is 5.95 Å². The maximum absolute atomic E-state index is 6.45. The number of nitrogens with two attached hydrogens (primary N) is 1. The van der Waals surface area contributed by atoms with Crippen molar-refractivity contribution < 1.29 is 4.74 Å². The van der Waals surface area contributed by atoms with Crippen molar-refractivity contribution in [1.29, 1.82) is 0 Å². The quantitative estimate of drug-likeness (QED) is 0.467.